The van der Waals surface area contributed by atoms with E-state index in [9.17, 15) is 14.9 Å². The van der Waals surface area contributed by atoms with Crippen molar-refractivity contribution in [1.82, 2.24) is 0 Å². The SMILES string of the molecule is CC/C=C(/C=O)C(C[N+](=O)[O-])c1cccc(Cl)c1. The van der Waals surface area contributed by atoms with E-state index in [1.165, 1.54) is 0 Å². The monoisotopic (exact) mass is 267 g/mol. The third kappa shape index (κ3) is 3.96. The molecule has 1 atom stereocenters. The van der Waals surface area contributed by atoms with Gasteiger partial charge in [-0.25, -0.2) is 0 Å². The lowest BCUT2D eigenvalue weighted by atomic mass is 9.91. The van der Waals surface area contributed by atoms with Crippen LogP contribution in [0.3, 0.4) is 0 Å². The van der Waals surface area contributed by atoms with Crippen molar-refractivity contribution in [1.29, 1.82) is 0 Å². The number of hydrogen-bond acceptors (Lipinski definition) is 3. The first-order valence-electron chi connectivity index (χ1n) is 5.61. The maximum Gasteiger partial charge on any atom is 0.214 e. The first kappa shape index (κ1) is 14.4. The number of aldehydes is 1. The molecule has 1 aromatic rings. The molecule has 0 bridgehead atoms. The highest BCUT2D eigenvalue weighted by atomic mass is 35.5. The molecule has 1 unspecified atom stereocenters. The molecule has 0 fully saturated rings. The Morgan fingerprint density at radius 3 is 2.78 bits per heavy atom. The van der Waals surface area contributed by atoms with Gasteiger partial charge >= 0.3 is 0 Å². The summed E-state index contributed by atoms with van der Waals surface area (Å²) in [4.78, 5) is 21.4. The molecule has 0 amide bonds. The summed E-state index contributed by atoms with van der Waals surface area (Å²) in [6, 6.07) is 6.81. The van der Waals surface area contributed by atoms with E-state index in [0.717, 1.165) is 0 Å². The van der Waals surface area contributed by atoms with Crippen LogP contribution in [0.15, 0.2) is 35.9 Å². The Labute approximate surface area is 110 Å². The van der Waals surface area contributed by atoms with E-state index in [1.54, 1.807) is 30.3 Å². The average Bonchev–Trinajstić information content (AvgIpc) is 2.33. The van der Waals surface area contributed by atoms with Gasteiger partial charge in [-0.15, -0.1) is 0 Å². The highest BCUT2D eigenvalue weighted by molar-refractivity contribution is 6.30. The van der Waals surface area contributed by atoms with Crippen molar-refractivity contribution in [2.45, 2.75) is 19.3 Å². The highest BCUT2D eigenvalue weighted by Gasteiger charge is 2.22. The molecule has 0 saturated heterocycles. The average molecular weight is 268 g/mol. The summed E-state index contributed by atoms with van der Waals surface area (Å²) in [7, 11) is 0. The Balaban J connectivity index is 3.15. The largest absolute Gasteiger partial charge is 0.298 e. The Morgan fingerprint density at radius 2 is 2.28 bits per heavy atom. The van der Waals surface area contributed by atoms with Crippen LogP contribution in [0, 0.1) is 10.1 Å². The zero-order chi connectivity index (χ0) is 13.5. The van der Waals surface area contributed by atoms with Gasteiger partial charge in [0.1, 0.15) is 6.29 Å². The quantitative estimate of drug-likeness (QED) is 0.344. The van der Waals surface area contributed by atoms with E-state index in [1.807, 2.05) is 6.92 Å². The topological polar surface area (TPSA) is 60.2 Å². The van der Waals surface area contributed by atoms with Crippen LogP contribution in [0.4, 0.5) is 0 Å². The predicted molar refractivity (Wildman–Crippen MR) is 70.5 cm³/mol. The number of carbonyl (C=O) groups excluding carboxylic acids is 1. The fourth-order valence-electron chi connectivity index (χ4n) is 1.78. The van der Waals surface area contributed by atoms with E-state index in [0.29, 0.717) is 28.9 Å². The molecule has 0 heterocycles. The maximum atomic E-state index is 11.1. The molecule has 0 radical (unpaired) electrons. The van der Waals surface area contributed by atoms with Gasteiger partial charge < -0.3 is 0 Å². The second-order valence-corrected chi connectivity index (χ2v) is 4.29. The van der Waals surface area contributed by atoms with Gasteiger partial charge in [-0.1, -0.05) is 36.7 Å². The third-order valence-corrected chi connectivity index (χ3v) is 2.80. The van der Waals surface area contributed by atoms with Crippen LogP contribution < -0.4 is 0 Å². The zero-order valence-corrected chi connectivity index (χ0v) is 10.8. The second-order valence-electron chi connectivity index (χ2n) is 3.85. The molecular formula is C13H14ClNO3. The number of halogens is 1. The van der Waals surface area contributed by atoms with E-state index < -0.39 is 10.8 Å². The maximum absolute atomic E-state index is 11.1. The van der Waals surface area contributed by atoms with Gasteiger partial charge in [0.05, 0.1) is 5.92 Å². The zero-order valence-electron chi connectivity index (χ0n) is 10.0. The van der Waals surface area contributed by atoms with E-state index in [-0.39, 0.29) is 6.54 Å². The van der Waals surface area contributed by atoms with E-state index in [4.69, 9.17) is 11.6 Å². The van der Waals surface area contributed by atoms with Gasteiger partial charge in [-0.05, 0) is 24.1 Å². The van der Waals surface area contributed by atoms with Crippen LogP contribution in [-0.2, 0) is 4.79 Å². The summed E-state index contributed by atoms with van der Waals surface area (Å²) in [5.74, 6) is -0.545. The summed E-state index contributed by atoms with van der Waals surface area (Å²) in [5, 5.41) is 11.2. The molecule has 18 heavy (non-hydrogen) atoms. The number of hydrogen-bond donors (Lipinski definition) is 0. The molecule has 0 aliphatic rings. The van der Waals surface area contributed by atoms with Crippen LogP contribution in [-0.4, -0.2) is 17.8 Å². The molecule has 0 spiro atoms. The smallest absolute Gasteiger partial charge is 0.214 e. The Kier molecular flexibility index (Phi) is 5.52. The molecule has 4 nitrogen and oxygen atoms in total. The Morgan fingerprint density at radius 1 is 1.56 bits per heavy atom. The molecule has 0 saturated carbocycles. The van der Waals surface area contributed by atoms with Gasteiger partial charge in [0, 0.05) is 15.5 Å². The summed E-state index contributed by atoms with van der Waals surface area (Å²) < 4.78 is 0. The fourth-order valence-corrected chi connectivity index (χ4v) is 1.98. The molecule has 0 aromatic heterocycles. The van der Waals surface area contributed by atoms with E-state index >= 15 is 0 Å². The van der Waals surface area contributed by atoms with Crippen LogP contribution in [0.2, 0.25) is 5.02 Å². The predicted octanol–water partition coefficient (Wildman–Crippen LogP) is 3.24. The first-order chi connectivity index (χ1) is 8.58. The van der Waals surface area contributed by atoms with Gasteiger partial charge in [-0.2, -0.15) is 0 Å². The first-order valence-corrected chi connectivity index (χ1v) is 5.98. The minimum absolute atomic E-state index is 0.315. The fraction of sp³-hybridized carbons (Fsp3) is 0.308. The molecule has 1 aromatic carbocycles. The number of nitrogens with zero attached hydrogens (tertiary/aromatic N) is 1. The van der Waals surface area contributed by atoms with Crippen LogP contribution >= 0.6 is 11.6 Å². The summed E-state index contributed by atoms with van der Waals surface area (Å²) in [6.07, 6.45) is 3.05. The lowest BCUT2D eigenvalue weighted by Gasteiger charge is -2.13. The number of rotatable bonds is 6. The van der Waals surface area contributed by atoms with Gasteiger partial charge in [0.25, 0.3) is 0 Å². The van der Waals surface area contributed by atoms with Crippen molar-refractivity contribution in [3.05, 3.63) is 56.6 Å². The van der Waals surface area contributed by atoms with E-state index in [2.05, 4.69) is 0 Å². The third-order valence-electron chi connectivity index (χ3n) is 2.56. The van der Waals surface area contributed by atoms with Crippen molar-refractivity contribution >= 4 is 17.9 Å². The number of nitro groups is 1. The summed E-state index contributed by atoms with van der Waals surface area (Å²) in [6.45, 7) is 1.57. The normalized spacial score (nSPS) is 13.1. The second kappa shape index (κ2) is 6.91. The van der Waals surface area contributed by atoms with Crippen molar-refractivity contribution in [2.24, 2.45) is 0 Å². The van der Waals surface area contributed by atoms with Crippen molar-refractivity contribution < 1.29 is 9.72 Å². The summed E-state index contributed by atoms with van der Waals surface area (Å²) >= 11 is 5.87. The molecule has 0 N–H and O–H groups in total. The van der Waals surface area contributed by atoms with Gasteiger partial charge in [0.2, 0.25) is 6.54 Å². The Hall–Kier alpha value is -1.68. The van der Waals surface area contributed by atoms with Gasteiger partial charge in [0.15, 0.2) is 0 Å². The highest BCUT2D eigenvalue weighted by Crippen LogP contribution is 2.26. The van der Waals surface area contributed by atoms with Crippen LogP contribution in [0.1, 0.15) is 24.8 Å². The van der Waals surface area contributed by atoms with Crippen molar-refractivity contribution in [2.75, 3.05) is 6.54 Å². The minimum Gasteiger partial charge on any atom is -0.298 e. The lowest BCUT2D eigenvalue weighted by molar-refractivity contribution is -0.481. The van der Waals surface area contributed by atoms with Crippen LogP contribution in [0.25, 0.3) is 0 Å². The number of carbonyl (C=O) groups is 1. The Bertz CT molecular complexity index is 471. The molecule has 96 valence electrons. The molecule has 1 rings (SSSR count). The lowest BCUT2D eigenvalue weighted by Crippen LogP contribution is -2.15. The molecule has 5 heteroatoms. The molecule has 0 aliphatic heterocycles. The van der Waals surface area contributed by atoms with Crippen molar-refractivity contribution in [3.63, 3.8) is 0 Å². The molecule has 0 aliphatic carbocycles. The summed E-state index contributed by atoms with van der Waals surface area (Å²) in [5.41, 5.74) is 1.11. The van der Waals surface area contributed by atoms with Crippen LogP contribution in [0.5, 0.6) is 0 Å². The van der Waals surface area contributed by atoms with Crippen molar-refractivity contribution in [3.8, 4) is 0 Å². The number of benzene rings is 1. The molecular weight excluding hydrogens is 254 g/mol. The standard InChI is InChI=1S/C13H14ClNO3/c1-2-4-11(9-16)13(8-15(17)18)10-5-3-6-12(14)7-10/h3-7,9,13H,2,8H2,1H3/b11-4-. The minimum atomic E-state index is -0.545. The van der Waals surface area contributed by atoms with Gasteiger partial charge in [-0.3, -0.25) is 14.9 Å². The number of allylic oxidation sites excluding steroid dienone is 1.